The van der Waals surface area contributed by atoms with Crippen LogP contribution >= 0.6 is 0 Å². The summed E-state index contributed by atoms with van der Waals surface area (Å²) in [4.78, 5) is 15.4. The molecule has 0 amide bonds. The predicted octanol–water partition coefficient (Wildman–Crippen LogP) is 0.436. The first kappa shape index (κ1) is 8.01. The van der Waals surface area contributed by atoms with Gasteiger partial charge in [0.1, 0.15) is 0 Å². The molecule has 0 aliphatic heterocycles. The summed E-state index contributed by atoms with van der Waals surface area (Å²) in [7, 11) is 3.95. The van der Waals surface area contributed by atoms with Gasteiger partial charge in [-0.3, -0.25) is 4.79 Å². The maximum atomic E-state index is 10.8. The van der Waals surface area contributed by atoms with Crippen LogP contribution in [0.25, 0.3) is 0 Å². The smallest absolute Gasteiger partial charge is 0.248 e. The summed E-state index contributed by atoms with van der Waals surface area (Å²) in [6, 6.07) is 3.52. The minimum absolute atomic E-state index is 0.0376. The number of H-pyrrole nitrogens is 1. The first-order valence-electron chi connectivity index (χ1n) is 3.51. The summed E-state index contributed by atoms with van der Waals surface area (Å²) in [6.45, 7) is 0.809. The summed E-state index contributed by atoms with van der Waals surface area (Å²) in [6.07, 6.45) is 1.67. The maximum Gasteiger partial charge on any atom is 0.248 e. The van der Waals surface area contributed by atoms with Gasteiger partial charge in [0.25, 0.3) is 0 Å². The van der Waals surface area contributed by atoms with Crippen LogP contribution in [0.2, 0.25) is 0 Å². The number of hydrogen-bond donors (Lipinski definition) is 1. The first-order valence-corrected chi connectivity index (χ1v) is 3.51. The molecule has 0 unspecified atom stereocenters. The SMILES string of the molecule is CN(C)Cc1cc[nH]c(=O)c1. The summed E-state index contributed by atoms with van der Waals surface area (Å²) in [5.74, 6) is 0. The van der Waals surface area contributed by atoms with Crippen molar-refractivity contribution < 1.29 is 0 Å². The van der Waals surface area contributed by atoms with E-state index in [1.165, 1.54) is 0 Å². The molecule has 0 spiro atoms. The highest BCUT2D eigenvalue weighted by Gasteiger charge is 1.93. The van der Waals surface area contributed by atoms with Gasteiger partial charge in [-0.05, 0) is 25.7 Å². The van der Waals surface area contributed by atoms with Crippen molar-refractivity contribution in [2.45, 2.75) is 6.54 Å². The van der Waals surface area contributed by atoms with Gasteiger partial charge in [-0.2, -0.15) is 0 Å². The Morgan fingerprint density at radius 2 is 2.27 bits per heavy atom. The molecule has 60 valence electrons. The molecule has 1 aromatic rings. The highest BCUT2D eigenvalue weighted by Crippen LogP contribution is 1.95. The number of nitrogens with one attached hydrogen (secondary N) is 1. The summed E-state index contributed by atoms with van der Waals surface area (Å²) < 4.78 is 0. The van der Waals surface area contributed by atoms with E-state index in [2.05, 4.69) is 4.98 Å². The monoisotopic (exact) mass is 152 g/mol. The molecule has 1 rings (SSSR count). The third kappa shape index (κ3) is 2.55. The summed E-state index contributed by atoms with van der Waals surface area (Å²) >= 11 is 0. The molecule has 0 fully saturated rings. The lowest BCUT2D eigenvalue weighted by atomic mass is 10.2. The van der Waals surface area contributed by atoms with Crippen LogP contribution in [0.15, 0.2) is 23.1 Å². The largest absolute Gasteiger partial charge is 0.329 e. The number of pyridine rings is 1. The molecule has 3 heteroatoms. The summed E-state index contributed by atoms with van der Waals surface area (Å²) in [5, 5.41) is 0. The Morgan fingerprint density at radius 3 is 2.82 bits per heavy atom. The van der Waals surface area contributed by atoms with Gasteiger partial charge in [-0.15, -0.1) is 0 Å². The van der Waals surface area contributed by atoms with E-state index in [4.69, 9.17) is 0 Å². The maximum absolute atomic E-state index is 10.8. The molecule has 1 N–H and O–H groups in total. The van der Waals surface area contributed by atoms with Gasteiger partial charge < -0.3 is 9.88 Å². The Labute approximate surface area is 65.7 Å². The molecule has 0 bridgehead atoms. The Balaban J connectivity index is 2.80. The fourth-order valence-electron chi connectivity index (χ4n) is 0.952. The van der Waals surface area contributed by atoms with Crippen molar-refractivity contribution in [1.29, 1.82) is 0 Å². The zero-order valence-electron chi connectivity index (χ0n) is 6.79. The highest BCUT2D eigenvalue weighted by atomic mass is 16.1. The van der Waals surface area contributed by atoms with Crippen molar-refractivity contribution >= 4 is 0 Å². The summed E-state index contributed by atoms with van der Waals surface area (Å²) in [5.41, 5.74) is 1.00. The molecule has 0 radical (unpaired) electrons. The lowest BCUT2D eigenvalue weighted by Crippen LogP contribution is -2.13. The van der Waals surface area contributed by atoms with Crippen molar-refractivity contribution in [3.8, 4) is 0 Å². The third-order valence-electron chi connectivity index (χ3n) is 1.34. The van der Waals surface area contributed by atoms with E-state index in [9.17, 15) is 4.79 Å². The standard InChI is InChI=1S/C8H12N2O/c1-10(2)6-7-3-4-9-8(11)5-7/h3-5H,6H2,1-2H3,(H,9,11). The van der Waals surface area contributed by atoms with Gasteiger partial charge in [-0.1, -0.05) is 0 Å². The fraction of sp³-hybridized carbons (Fsp3) is 0.375. The molecule has 0 saturated carbocycles. The van der Waals surface area contributed by atoms with Crippen LogP contribution < -0.4 is 5.56 Å². The zero-order chi connectivity index (χ0) is 8.27. The quantitative estimate of drug-likeness (QED) is 0.667. The average Bonchev–Trinajstić information content (AvgIpc) is 1.85. The molecule has 3 nitrogen and oxygen atoms in total. The van der Waals surface area contributed by atoms with E-state index < -0.39 is 0 Å². The molecule has 0 aliphatic carbocycles. The van der Waals surface area contributed by atoms with Gasteiger partial charge in [0.05, 0.1) is 0 Å². The molecule has 0 aliphatic rings. The molecule has 11 heavy (non-hydrogen) atoms. The second-order valence-electron chi connectivity index (χ2n) is 2.80. The van der Waals surface area contributed by atoms with Crippen molar-refractivity contribution in [3.05, 3.63) is 34.2 Å². The minimum atomic E-state index is -0.0376. The average molecular weight is 152 g/mol. The van der Waals surface area contributed by atoms with Gasteiger partial charge in [-0.25, -0.2) is 0 Å². The number of aromatic amines is 1. The van der Waals surface area contributed by atoms with E-state index in [-0.39, 0.29) is 5.56 Å². The van der Waals surface area contributed by atoms with Crippen molar-refractivity contribution in [1.82, 2.24) is 9.88 Å². The van der Waals surface area contributed by atoms with Gasteiger partial charge in [0, 0.05) is 18.8 Å². The van der Waals surface area contributed by atoms with E-state index in [1.807, 2.05) is 25.1 Å². The Kier molecular flexibility index (Phi) is 2.44. The van der Waals surface area contributed by atoms with Crippen LogP contribution in [0, 0.1) is 0 Å². The second kappa shape index (κ2) is 3.34. The number of rotatable bonds is 2. The number of hydrogen-bond acceptors (Lipinski definition) is 2. The normalized spacial score (nSPS) is 10.5. The predicted molar refractivity (Wildman–Crippen MR) is 44.5 cm³/mol. The Bertz CT molecular complexity index is 277. The molecule has 0 aromatic carbocycles. The van der Waals surface area contributed by atoms with Crippen LogP contribution in [0.4, 0.5) is 0 Å². The van der Waals surface area contributed by atoms with Crippen LogP contribution in [0.3, 0.4) is 0 Å². The van der Waals surface area contributed by atoms with E-state index in [0.717, 1.165) is 12.1 Å². The zero-order valence-corrected chi connectivity index (χ0v) is 6.79. The number of aromatic nitrogens is 1. The lowest BCUT2D eigenvalue weighted by molar-refractivity contribution is 0.402. The second-order valence-corrected chi connectivity index (χ2v) is 2.80. The fourth-order valence-corrected chi connectivity index (χ4v) is 0.952. The van der Waals surface area contributed by atoms with Crippen LogP contribution in [-0.4, -0.2) is 24.0 Å². The van der Waals surface area contributed by atoms with Crippen LogP contribution in [-0.2, 0) is 6.54 Å². The van der Waals surface area contributed by atoms with E-state index in [1.54, 1.807) is 12.3 Å². The molecule has 0 atom stereocenters. The molecule has 1 heterocycles. The van der Waals surface area contributed by atoms with Crippen molar-refractivity contribution in [3.63, 3.8) is 0 Å². The first-order chi connectivity index (χ1) is 5.18. The topological polar surface area (TPSA) is 36.1 Å². The Hall–Kier alpha value is -1.09. The van der Waals surface area contributed by atoms with Gasteiger partial charge in [0.15, 0.2) is 0 Å². The van der Waals surface area contributed by atoms with E-state index in [0.29, 0.717) is 0 Å². The molecular formula is C8H12N2O. The molecule has 1 aromatic heterocycles. The lowest BCUT2D eigenvalue weighted by Gasteiger charge is -2.07. The highest BCUT2D eigenvalue weighted by molar-refractivity contribution is 5.09. The number of nitrogens with zero attached hydrogens (tertiary/aromatic N) is 1. The van der Waals surface area contributed by atoms with Crippen LogP contribution in [0.1, 0.15) is 5.56 Å². The van der Waals surface area contributed by atoms with E-state index >= 15 is 0 Å². The van der Waals surface area contributed by atoms with Gasteiger partial charge in [0.2, 0.25) is 5.56 Å². The Morgan fingerprint density at radius 1 is 1.55 bits per heavy atom. The van der Waals surface area contributed by atoms with Gasteiger partial charge >= 0.3 is 0 Å². The molecular weight excluding hydrogens is 140 g/mol. The third-order valence-corrected chi connectivity index (χ3v) is 1.34. The molecule has 0 saturated heterocycles. The van der Waals surface area contributed by atoms with Crippen LogP contribution in [0.5, 0.6) is 0 Å². The van der Waals surface area contributed by atoms with Crippen molar-refractivity contribution in [2.75, 3.05) is 14.1 Å². The minimum Gasteiger partial charge on any atom is -0.329 e. The van der Waals surface area contributed by atoms with Crippen molar-refractivity contribution in [2.24, 2.45) is 0 Å².